The predicted molar refractivity (Wildman–Crippen MR) is 525 cm³/mol. The SMILES string of the molecule is CSc1nc(Cl)c(-c2c3ccc([nH]3)c(-c3c(C)cc(C)cc3C)c3nc(c4ccc([nH]4)c(-c4c(C)cc(C)cc4C)c4ccc2[nH]4)C=C3)c(Oc2ccc(-c3c4nc(c(-c5cc(C(C)(C)C)cc(C(C)(C)C)c5)c5ccc([nH]5)c(-c5cc(C(C)(C)C)cc(C(C)(C)C)c5)c5nc(c(-c6cc(C(C)(C)C)cc(C(C)(C)C)c6)c6ccc3[nH]6)C=C5)C=C4)cc2)n1. The molecule has 123 heavy (non-hydrogen) atoms. The van der Waals surface area contributed by atoms with E-state index in [1.807, 2.05) is 18.4 Å². The van der Waals surface area contributed by atoms with E-state index in [2.05, 4.69) is 379 Å². The molecule has 0 radical (unpaired) electrons. The Kier molecular flexibility index (Phi) is 20.8. The Morgan fingerprint density at radius 3 is 0.846 bits per heavy atom. The lowest BCUT2D eigenvalue weighted by Gasteiger charge is -2.26. The molecule has 0 fully saturated rings. The number of aromatic amines is 5. The van der Waals surface area contributed by atoms with Crippen LogP contribution in [-0.2, 0) is 32.5 Å². The van der Waals surface area contributed by atoms with Crippen LogP contribution in [0.1, 0.15) is 226 Å². The highest BCUT2D eigenvalue weighted by Gasteiger charge is 2.31. The molecule has 0 saturated carbocycles. The molecule has 3 aliphatic heterocycles. The van der Waals surface area contributed by atoms with Crippen LogP contribution in [0.25, 0.3) is 170 Å². The number of hydrogen-bond donors (Lipinski definition) is 5. The minimum absolute atomic E-state index is 0.153. The van der Waals surface area contributed by atoms with E-state index in [4.69, 9.17) is 41.3 Å². The minimum Gasteiger partial charge on any atom is -0.438 e. The number of benzene rings is 6. The summed E-state index contributed by atoms with van der Waals surface area (Å²) in [6.45, 7) is 54.7. The van der Waals surface area contributed by atoms with Crippen LogP contribution < -0.4 is 4.74 Å². The first kappa shape index (κ1) is 83.4. The molecule has 14 aromatic rings. The summed E-state index contributed by atoms with van der Waals surface area (Å²) in [5, 5.41) is 0.672. The van der Waals surface area contributed by atoms with Crippen molar-refractivity contribution in [2.45, 2.75) is 204 Å². The van der Waals surface area contributed by atoms with Crippen molar-refractivity contribution in [1.82, 2.24) is 49.8 Å². The van der Waals surface area contributed by atoms with E-state index in [9.17, 15) is 0 Å². The maximum Gasteiger partial charge on any atom is 0.232 e. The number of hydrogen-bond acceptors (Lipinski definition) is 7. The van der Waals surface area contributed by atoms with Gasteiger partial charge in [0, 0.05) is 88.6 Å². The lowest BCUT2D eigenvalue weighted by molar-refractivity contribution is 0.458. The molecular formula is C110H113ClN10OS. The maximum atomic E-state index is 7.83. The van der Waals surface area contributed by atoms with Crippen LogP contribution >= 0.6 is 23.4 Å². The molecule has 11 heterocycles. The predicted octanol–water partition coefficient (Wildman–Crippen LogP) is 30.9. The zero-order chi connectivity index (χ0) is 87.4. The van der Waals surface area contributed by atoms with Crippen LogP contribution in [0.2, 0.25) is 5.15 Å². The summed E-state index contributed by atoms with van der Waals surface area (Å²) in [4.78, 5) is 47.8. The summed E-state index contributed by atoms with van der Waals surface area (Å²) < 4.78 is 7.36. The molecular weight excluding hydrogens is 1540 g/mol. The molecule has 3 aliphatic rings. The quantitative estimate of drug-likeness (QED) is 0.0519. The fraction of sp³-hybridized carbons (Fsp3) is 0.282. The molecule has 0 saturated heterocycles. The second kappa shape index (κ2) is 30.6. The molecule has 6 aromatic carbocycles. The van der Waals surface area contributed by atoms with Gasteiger partial charge in [-0.15, -0.1) is 0 Å². The molecule has 0 amide bonds. The van der Waals surface area contributed by atoms with Crippen molar-refractivity contribution in [2.24, 2.45) is 0 Å². The fourth-order valence-electron chi connectivity index (χ4n) is 18.0. The van der Waals surface area contributed by atoms with Crippen molar-refractivity contribution in [3.63, 3.8) is 0 Å². The molecule has 0 unspecified atom stereocenters. The van der Waals surface area contributed by atoms with Gasteiger partial charge in [0.25, 0.3) is 0 Å². The average Bonchev–Trinajstić information content (AvgIpc) is 1.62. The van der Waals surface area contributed by atoms with Gasteiger partial charge in [-0.1, -0.05) is 250 Å². The van der Waals surface area contributed by atoms with E-state index in [1.165, 1.54) is 56.3 Å². The van der Waals surface area contributed by atoms with E-state index < -0.39 is 0 Å². The Morgan fingerprint density at radius 1 is 0.260 bits per heavy atom. The molecule has 0 aliphatic carbocycles. The Morgan fingerprint density at radius 2 is 0.520 bits per heavy atom. The van der Waals surface area contributed by atoms with E-state index in [-0.39, 0.29) is 43.5 Å². The zero-order valence-electron chi connectivity index (χ0n) is 76.0. The standard InChI is InChI=1S/C110H113ClN10OS/c1-59-46-61(3)92(62(4)47-59)98-86-32-30-76(112-86)77-31-33-87(113-77)99(93-63(5)48-60(2)49-64(93)6)89-43-45-91(119-89)100(90-44-42-88(98)118-90)101-102(111)120-104(123-25)121-103(101)122-75-28-26-65(27-29-75)94-78-34-36-80(114-78)95(66-50-69(105(7,8)9)56-70(51-66)106(10,11)12)82-38-40-84(116-82)97(68-54-73(109(19,20)21)58-74(55-68)110(22,23)24)85-41-39-83(117-85)96(81-37-35-79(94)115-81)67-52-71(107(13,14)15)57-72(53-67)108(16,17)18/h26-58,112,114,117-119H,1-25H3. The van der Waals surface area contributed by atoms with Crippen molar-refractivity contribution < 1.29 is 4.74 Å². The maximum absolute atomic E-state index is 7.83. The van der Waals surface area contributed by atoms with Gasteiger partial charge in [0.05, 0.1) is 45.2 Å². The average molecular weight is 1660 g/mol. The summed E-state index contributed by atoms with van der Waals surface area (Å²) in [7, 11) is 0. The Balaban J connectivity index is 0.927. The molecule has 0 spiro atoms. The highest BCUT2D eigenvalue weighted by Crippen LogP contribution is 2.49. The number of fused-ring (bicyclic) bond motifs is 17. The molecule has 0 atom stereocenters. The number of halogens is 1. The van der Waals surface area contributed by atoms with Crippen molar-refractivity contribution >= 4 is 115 Å². The summed E-state index contributed by atoms with van der Waals surface area (Å²) >= 11 is 9.23. The van der Waals surface area contributed by atoms with Crippen LogP contribution in [0, 0.1) is 41.5 Å². The second-order valence-electron chi connectivity index (χ2n) is 40.5. The van der Waals surface area contributed by atoms with E-state index in [1.54, 1.807) is 0 Å². The molecule has 8 aromatic heterocycles. The highest BCUT2D eigenvalue weighted by molar-refractivity contribution is 7.98. The molecule has 13 heteroatoms. The number of nitrogens with one attached hydrogen (secondary N) is 5. The Bertz CT molecular complexity index is 6920. The van der Waals surface area contributed by atoms with Gasteiger partial charge in [-0.2, -0.15) is 4.98 Å². The minimum atomic E-state index is -0.177. The smallest absolute Gasteiger partial charge is 0.232 e. The summed E-state index contributed by atoms with van der Waals surface area (Å²) in [6.07, 6.45) is 15.1. The number of nitrogens with zero attached hydrogens (tertiary/aromatic N) is 5. The van der Waals surface area contributed by atoms with Crippen molar-refractivity contribution in [2.75, 3.05) is 6.26 Å². The molecule has 11 nitrogen and oxygen atoms in total. The van der Waals surface area contributed by atoms with Gasteiger partial charge in [-0.05, 0) is 279 Å². The van der Waals surface area contributed by atoms with E-state index in [0.717, 1.165) is 178 Å². The number of aryl methyl sites for hydroxylation is 6. The van der Waals surface area contributed by atoms with Gasteiger partial charge in [-0.25, -0.2) is 19.9 Å². The van der Waals surface area contributed by atoms with Crippen LogP contribution in [0.15, 0.2) is 169 Å². The fourth-order valence-corrected chi connectivity index (χ4v) is 18.7. The van der Waals surface area contributed by atoms with Crippen LogP contribution in [0.3, 0.4) is 0 Å². The first-order valence-electron chi connectivity index (χ1n) is 43.1. The first-order valence-corrected chi connectivity index (χ1v) is 44.7. The number of H-pyrrole nitrogens is 5. The third-order valence-corrected chi connectivity index (χ3v) is 25.5. The molecule has 16 bridgehead atoms. The monoisotopic (exact) mass is 1660 g/mol. The molecule has 622 valence electrons. The van der Waals surface area contributed by atoms with Crippen LogP contribution in [-0.4, -0.2) is 56.1 Å². The van der Waals surface area contributed by atoms with Crippen molar-refractivity contribution in [3.8, 4) is 89.5 Å². The lowest BCUT2D eigenvalue weighted by atomic mass is 9.78. The summed E-state index contributed by atoms with van der Waals surface area (Å²) in [6, 6.07) is 60.8. The number of aromatic nitrogens is 10. The van der Waals surface area contributed by atoms with E-state index in [0.29, 0.717) is 22.0 Å². The lowest BCUT2D eigenvalue weighted by Crippen LogP contribution is -2.16. The van der Waals surface area contributed by atoms with Gasteiger partial charge in [0.2, 0.25) is 5.88 Å². The largest absolute Gasteiger partial charge is 0.438 e. The summed E-state index contributed by atoms with van der Waals surface area (Å²) in [5.74, 6) is 0.806. The van der Waals surface area contributed by atoms with Crippen LogP contribution in [0.4, 0.5) is 0 Å². The number of rotatable bonds is 10. The van der Waals surface area contributed by atoms with Gasteiger partial charge < -0.3 is 29.7 Å². The normalized spacial score (nSPS) is 13.1. The zero-order valence-corrected chi connectivity index (χ0v) is 77.6. The third-order valence-electron chi connectivity index (χ3n) is 24.6. The van der Waals surface area contributed by atoms with Crippen LogP contribution in [0.5, 0.6) is 11.6 Å². The van der Waals surface area contributed by atoms with E-state index >= 15 is 0 Å². The molecule has 5 N–H and O–H groups in total. The first-order chi connectivity index (χ1) is 58.0. The Labute approximate surface area is 734 Å². The second-order valence-corrected chi connectivity index (χ2v) is 41.6. The topological polar surface area (TPSA) is 153 Å². The molecule has 17 rings (SSSR count). The van der Waals surface area contributed by atoms with Gasteiger partial charge in [-0.3, -0.25) is 0 Å². The number of thioether (sulfide) groups is 1. The van der Waals surface area contributed by atoms with Crippen molar-refractivity contribution in [3.05, 3.63) is 270 Å². The number of ether oxygens (including phenoxy) is 1. The van der Waals surface area contributed by atoms with Crippen molar-refractivity contribution in [1.29, 1.82) is 0 Å². The van der Waals surface area contributed by atoms with Gasteiger partial charge in [0.1, 0.15) is 10.9 Å². The van der Waals surface area contributed by atoms with Gasteiger partial charge >= 0.3 is 0 Å². The highest BCUT2D eigenvalue weighted by atomic mass is 35.5. The summed E-state index contributed by atoms with van der Waals surface area (Å²) in [5.41, 5.74) is 40.8. The Hall–Kier alpha value is -11.8. The van der Waals surface area contributed by atoms with Gasteiger partial charge in [0.15, 0.2) is 5.16 Å². The third kappa shape index (κ3) is 16.0.